The van der Waals surface area contributed by atoms with E-state index in [1.807, 2.05) is 6.07 Å². The standard InChI is InChI=1S/C7H6Cl3N/c8-4-6-5(7(9)10)2-1-3-11-6/h1-3,7H,4H2. The Kier molecular flexibility index (Phi) is 3.44. The third-order valence-electron chi connectivity index (χ3n) is 1.29. The smallest absolute Gasteiger partial charge is 0.134 e. The zero-order valence-electron chi connectivity index (χ0n) is 5.60. The van der Waals surface area contributed by atoms with E-state index in [9.17, 15) is 0 Å². The molecule has 1 heterocycles. The van der Waals surface area contributed by atoms with Crippen LogP contribution in [-0.2, 0) is 5.88 Å². The minimum Gasteiger partial charge on any atom is -0.260 e. The molecule has 11 heavy (non-hydrogen) atoms. The van der Waals surface area contributed by atoms with Crippen LogP contribution in [0.3, 0.4) is 0 Å². The van der Waals surface area contributed by atoms with Crippen molar-refractivity contribution in [1.82, 2.24) is 4.98 Å². The Morgan fingerprint density at radius 2 is 2.18 bits per heavy atom. The fourth-order valence-electron chi connectivity index (χ4n) is 0.761. The van der Waals surface area contributed by atoms with Gasteiger partial charge in [0.2, 0.25) is 0 Å². The number of nitrogens with zero attached hydrogens (tertiary/aromatic N) is 1. The van der Waals surface area contributed by atoms with Crippen LogP contribution in [0.1, 0.15) is 16.1 Å². The van der Waals surface area contributed by atoms with Gasteiger partial charge < -0.3 is 0 Å². The number of hydrogen-bond donors (Lipinski definition) is 0. The number of aromatic nitrogens is 1. The van der Waals surface area contributed by atoms with Crippen molar-refractivity contribution in [3.05, 3.63) is 29.6 Å². The van der Waals surface area contributed by atoms with E-state index in [0.717, 1.165) is 11.3 Å². The largest absolute Gasteiger partial charge is 0.260 e. The third-order valence-corrected chi connectivity index (χ3v) is 2.01. The van der Waals surface area contributed by atoms with E-state index in [4.69, 9.17) is 34.8 Å². The fourth-order valence-corrected chi connectivity index (χ4v) is 1.38. The molecule has 0 aromatic carbocycles. The molecule has 0 atom stereocenters. The van der Waals surface area contributed by atoms with Crippen molar-refractivity contribution in [2.45, 2.75) is 10.7 Å². The maximum atomic E-state index is 5.65. The lowest BCUT2D eigenvalue weighted by molar-refractivity contribution is 1.10. The van der Waals surface area contributed by atoms with Gasteiger partial charge >= 0.3 is 0 Å². The highest BCUT2D eigenvalue weighted by Crippen LogP contribution is 2.26. The SMILES string of the molecule is ClCc1ncccc1C(Cl)Cl. The lowest BCUT2D eigenvalue weighted by atomic mass is 10.2. The molecule has 0 radical (unpaired) electrons. The molecule has 0 aliphatic heterocycles. The zero-order chi connectivity index (χ0) is 8.27. The first-order valence-corrected chi connectivity index (χ1v) is 4.44. The zero-order valence-corrected chi connectivity index (χ0v) is 7.87. The van der Waals surface area contributed by atoms with Crippen molar-refractivity contribution in [1.29, 1.82) is 0 Å². The van der Waals surface area contributed by atoms with E-state index in [0.29, 0.717) is 5.88 Å². The summed E-state index contributed by atoms with van der Waals surface area (Å²) >= 11 is 16.9. The Morgan fingerprint density at radius 1 is 1.45 bits per heavy atom. The van der Waals surface area contributed by atoms with Gasteiger partial charge in [-0.1, -0.05) is 29.3 Å². The summed E-state index contributed by atoms with van der Waals surface area (Å²) in [5.74, 6) is 0.339. The predicted molar refractivity (Wildman–Crippen MR) is 48.2 cm³/mol. The average molecular weight is 210 g/mol. The van der Waals surface area contributed by atoms with Crippen LogP contribution < -0.4 is 0 Å². The molecule has 0 unspecified atom stereocenters. The summed E-state index contributed by atoms with van der Waals surface area (Å²) in [7, 11) is 0. The van der Waals surface area contributed by atoms with Crippen LogP contribution in [-0.4, -0.2) is 4.98 Å². The second-order valence-electron chi connectivity index (χ2n) is 1.97. The minimum absolute atomic E-state index is 0.339. The van der Waals surface area contributed by atoms with E-state index >= 15 is 0 Å². The quantitative estimate of drug-likeness (QED) is 0.683. The summed E-state index contributed by atoms with van der Waals surface area (Å²) in [5, 5.41) is 0. The van der Waals surface area contributed by atoms with Gasteiger partial charge in [-0.15, -0.1) is 11.6 Å². The molecule has 0 fully saturated rings. The Balaban J connectivity index is 3.02. The van der Waals surface area contributed by atoms with Gasteiger partial charge in [-0.2, -0.15) is 0 Å². The van der Waals surface area contributed by atoms with Crippen LogP contribution in [0.5, 0.6) is 0 Å². The molecule has 1 rings (SSSR count). The third kappa shape index (κ3) is 2.22. The monoisotopic (exact) mass is 209 g/mol. The van der Waals surface area contributed by atoms with Crippen LogP contribution in [0.15, 0.2) is 18.3 Å². The van der Waals surface area contributed by atoms with Crippen LogP contribution in [0, 0.1) is 0 Å². The van der Waals surface area contributed by atoms with Crippen molar-refractivity contribution in [3.8, 4) is 0 Å². The van der Waals surface area contributed by atoms with Gasteiger partial charge in [-0.3, -0.25) is 4.98 Å². The summed E-state index contributed by atoms with van der Waals surface area (Å²) in [5.41, 5.74) is 1.52. The molecular weight excluding hydrogens is 204 g/mol. The van der Waals surface area contributed by atoms with Crippen LogP contribution in [0.2, 0.25) is 0 Å². The number of rotatable bonds is 2. The summed E-state index contributed by atoms with van der Waals surface area (Å²) in [6.45, 7) is 0. The second-order valence-corrected chi connectivity index (χ2v) is 3.34. The van der Waals surface area contributed by atoms with E-state index in [2.05, 4.69) is 4.98 Å². The van der Waals surface area contributed by atoms with E-state index in [1.54, 1.807) is 12.3 Å². The molecule has 1 aromatic rings. The molecule has 60 valence electrons. The Morgan fingerprint density at radius 3 is 2.64 bits per heavy atom. The van der Waals surface area contributed by atoms with Crippen molar-refractivity contribution in [3.63, 3.8) is 0 Å². The molecule has 0 N–H and O–H groups in total. The molecule has 1 aromatic heterocycles. The molecule has 1 nitrogen and oxygen atoms in total. The molecule has 0 aliphatic rings. The molecule has 0 amide bonds. The van der Waals surface area contributed by atoms with Gasteiger partial charge in [-0.05, 0) is 6.07 Å². The predicted octanol–water partition coefficient (Wildman–Crippen LogP) is 3.30. The fraction of sp³-hybridized carbons (Fsp3) is 0.286. The van der Waals surface area contributed by atoms with Gasteiger partial charge in [0, 0.05) is 11.8 Å². The first kappa shape index (κ1) is 9.11. The Bertz CT molecular complexity index is 237. The average Bonchev–Trinajstić information content (AvgIpc) is 2.04. The van der Waals surface area contributed by atoms with E-state index < -0.39 is 4.84 Å². The number of halogens is 3. The van der Waals surface area contributed by atoms with Crippen LogP contribution in [0.4, 0.5) is 0 Å². The number of alkyl halides is 3. The summed E-state index contributed by atoms with van der Waals surface area (Å²) < 4.78 is 0. The lowest BCUT2D eigenvalue weighted by Crippen LogP contribution is -1.93. The molecule has 0 saturated carbocycles. The summed E-state index contributed by atoms with van der Waals surface area (Å²) in [4.78, 5) is 3.47. The Labute approximate surface area is 80.3 Å². The molecule has 0 spiro atoms. The second kappa shape index (κ2) is 4.15. The first-order chi connectivity index (χ1) is 5.25. The van der Waals surface area contributed by atoms with Gasteiger partial charge in [0.1, 0.15) is 4.84 Å². The highest BCUT2D eigenvalue weighted by molar-refractivity contribution is 6.44. The maximum Gasteiger partial charge on any atom is 0.134 e. The molecule has 4 heteroatoms. The van der Waals surface area contributed by atoms with E-state index in [1.165, 1.54) is 0 Å². The minimum atomic E-state index is -0.544. The number of hydrogen-bond acceptors (Lipinski definition) is 1. The van der Waals surface area contributed by atoms with Gasteiger partial charge in [0.05, 0.1) is 11.6 Å². The molecule has 0 bridgehead atoms. The highest BCUT2D eigenvalue weighted by atomic mass is 35.5. The first-order valence-electron chi connectivity index (χ1n) is 3.03. The van der Waals surface area contributed by atoms with Crippen molar-refractivity contribution in [2.75, 3.05) is 0 Å². The lowest BCUT2D eigenvalue weighted by Gasteiger charge is -2.04. The van der Waals surface area contributed by atoms with E-state index in [-0.39, 0.29) is 0 Å². The summed E-state index contributed by atoms with van der Waals surface area (Å²) in [6.07, 6.45) is 1.66. The van der Waals surface area contributed by atoms with Gasteiger partial charge in [0.15, 0.2) is 0 Å². The van der Waals surface area contributed by atoms with Crippen LogP contribution in [0.25, 0.3) is 0 Å². The number of pyridine rings is 1. The Hall–Kier alpha value is 0.0200. The normalized spacial score (nSPS) is 10.5. The van der Waals surface area contributed by atoms with Crippen LogP contribution >= 0.6 is 34.8 Å². The highest BCUT2D eigenvalue weighted by Gasteiger charge is 2.08. The molecule has 0 aliphatic carbocycles. The molecule has 0 saturated heterocycles. The van der Waals surface area contributed by atoms with Gasteiger partial charge in [-0.25, -0.2) is 0 Å². The van der Waals surface area contributed by atoms with Crippen molar-refractivity contribution >= 4 is 34.8 Å². The summed E-state index contributed by atoms with van der Waals surface area (Å²) in [6, 6.07) is 3.60. The van der Waals surface area contributed by atoms with Crippen molar-refractivity contribution in [2.24, 2.45) is 0 Å². The molecular formula is C7H6Cl3N. The maximum absolute atomic E-state index is 5.65. The van der Waals surface area contributed by atoms with Gasteiger partial charge in [0.25, 0.3) is 0 Å². The van der Waals surface area contributed by atoms with Crippen molar-refractivity contribution < 1.29 is 0 Å². The topological polar surface area (TPSA) is 12.9 Å².